The lowest BCUT2D eigenvalue weighted by atomic mass is 10.1. The Morgan fingerprint density at radius 3 is 2.88 bits per heavy atom. The molecule has 0 unspecified atom stereocenters. The summed E-state index contributed by atoms with van der Waals surface area (Å²) in [7, 11) is 0. The van der Waals surface area contributed by atoms with Crippen molar-refractivity contribution in [3.63, 3.8) is 0 Å². The highest BCUT2D eigenvalue weighted by Crippen LogP contribution is 2.23. The van der Waals surface area contributed by atoms with E-state index in [1.54, 1.807) is 29.2 Å². The molecule has 0 fully saturated rings. The van der Waals surface area contributed by atoms with Crippen LogP contribution in [0.5, 0.6) is 0 Å². The summed E-state index contributed by atoms with van der Waals surface area (Å²) in [5, 5.41) is 11.6. The van der Waals surface area contributed by atoms with E-state index in [0.717, 1.165) is 21.8 Å². The molecule has 0 bridgehead atoms. The van der Waals surface area contributed by atoms with Crippen LogP contribution in [0.15, 0.2) is 59.1 Å². The number of nitrogens with zero attached hydrogens (tertiary/aromatic N) is 3. The number of hydrazone groups is 1. The number of carbonyl (C=O) groups is 1. The predicted molar refractivity (Wildman–Crippen MR) is 94.6 cm³/mol. The molecule has 2 aromatic heterocycles. The van der Waals surface area contributed by atoms with E-state index in [4.69, 9.17) is 4.74 Å². The van der Waals surface area contributed by atoms with Crippen molar-refractivity contribution in [1.29, 1.82) is 0 Å². The predicted octanol–water partition coefficient (Wildman–Crippen LogP) is 3.68. The molecule has 1 N–H and O–H groups in total. The van der Waals surface area contributed by atoms with Gasteiger partial charge in [-0.15, -0.1) is 11.3 Å². The fourth-order valence-corrected chi connectivity index (χ4v) is 2.79. The summed E-state index contributed by atoms with van der Waals surface area (Å²) in [5.41, 5.74) is 4.89. The van der Waals surface area contributed by atoms with Crippen molar-refractivity contribution in [2.45, 2.75) is 6.92 Å². The van der Waals surface area contributed by atoms with Gasteiger partial charge in [-0.3, -0.25) is 0 Å². The molecular formula is C17H16N4O2S. The van der Waals surface area contributed by atoms with Gasteiger partial charge in [-0.2, -0.15) is 10.2 Å². The van der Waals surface area contributed by atoms with Gasteiger partial charge in [0.15, 0.2) is 0 Å². The fraction of sp³-hybridized carbons (Fsp3) is 0.118. The highest BCUT2D eigenvalue weighted by Gasteiger charge is 2.11. The number of hydrogen-bond acceptors (Lipinski definition) is 5. The number of thiophene rings is 1. The molecule has 3 aromatic rings. The molecule has 2 heterocycles. The minimum atomic E-state index is -0.583. The van der Waals surface area contributed by atoms with Crippen molar-refractivity contribution in [3.8, 4) is 16.3 Å². The summed E-state index contributed by atoms with van der Waals surface area (Å²) in [6, 6.07) is 13.8. The van der Waals surface area contributed by atoms with Crippen molar-refractivity contribution < 1.29 is 9.53 Å². The van der Waals surface area contributed by atoms with Crippen LogP contribution >= 0.6 is 11.3 Å². The highest BCUT2D eigenvalue weighted by atomic mass is 32.1. The standard InChI is InChI=1S/C17H16N4O2S/c1-2-23-17(22)19-18-11-14-12-21(15-9-6-10-24-15)20-16(14)13-7-4-3-5-8-13/h3-12H,2H2,1H3,(H,19,22). The van der Waals surface area contributed by atoms with Crippen LogP contribution in [-0.2, 0) is 4.74 Å². The van der Waals surface area contributed by atoms with Gasteiger partial charge < -0.3 is 4.74 Å². The molecular weight excluding hydrogens is 324 g/mol. The Kier molecular flexibility index (Phi) is 5.02. The average Bonchev–Trinajstić information content (AvgIpc) is 3.25. The van der Waals surface area contributed by atoms with Gasteiger partial charge in [0.05, 0.1) is 12.8 Å². The molecule has 3 rings (SSSR count). The van der Waals surface area contributed by atoms with E-state index >= 15 is 0 Å². The Labute approximate surface area is 143 Å². The topological polar surface area (TPSA) is 68.5 Å². The maximum absolute atomic E-state index is 11.3. The second kappa shape index (κ2) is 7.56. The fourth-order valence-electron chi connectivity index (χ4n) is 2.13. The summed E-state index contributed by atoms with van der Waals surface area (Å²) in [5.74, 6) is 0. The van der Waals surface area contributed by atoms with Gasteiger partial charge in [0.1, 0.15) is 10.7 Å². The lowest BCUT2D eigenvalue weighted by Crippen LogP contribution is -2.18. The molecule has 0 atom stereocenters. The SMILES string of the molecule is CCOC(=O)NN=Cc1cn(-c2cccs2)nc1-c1ccccc1. The van der Waals surface area contributed by atoms with Crippen molar-refractivity contribution in [2.75, 3.05) is 6.61 Å². The van der Waals surface area contributed by atoms with Crippen LogP contribution in [-0.4, -0.2) is 28.7 Å². The number of amides is 1. The monoisotopic (exact) mass is 340 g/mol. The van der Waals surface area contributed by atoms with E-state index in [2.05, 4.69) is 15.6 Å². The van der Waals surface area contributed by atoms with Crippen LogP contribution in [0.4, 0.5) is 4.79 Å². The average molecular weight is 340 g/mol. The first kappa shape index (κ1) is 15.9. The molecule has 0 aliphatic rings. The van der Waals surface area contributed by atoms with Gasteiger partial charge in [0.2, 0.25) is 0 Å². The molecule has 6 nitrogen and oxygen atoms in total. The molecule has 1 amide bonds. The molecule has 24 heavy (non-hydrogen) atoms. The third-order valence-corrected chi connectivity index (χ3v) is 4.01. The number of benzene rings is 1. The van der Waals surface area contributed by atoms with E-state index in [0.29, 0.717) is 6.61 Å². The van der Waals surface area contributed by atoms with Gasteiger partial charge in [0, 0.05) is 17.3 Å². The Morgan fingerprint density at radius 1 is 1.33 bits per heavy atom. The molecule has 0 aliphatic heterocycles. The zero-order chi connectivity index (χ0) is 16.8. The molecule has 0 saturated heterocycles. The highest BCUT2D eigenvalue weighted by molar-refractivity contribution is 7.12. The Balaban J connectivity index is 1.91. The number of carbonyl (C=O) groups excluding carboxylic acids is 1. The Morgan fingerprint density at radius 2 is 2.17 bits per heavy atom. The summed E-state index contributed by atoms with van der Waals surface area (Å²) >= 11 is 1.59. The van der Waals surface area contributed by atoms with E-state index in [1.165, 1.54) is 0 Å². The van der Waals surface area contributed by atoms with Crippen LogP contribution < -0.4 is 5.43 Å². The van der Waals surface area contributed by atoms with Gasteiger partial charge in [-0.1, -0.05) is 30.3 Å². The zero-order valence-electron chi connectivity index (χ0n) is 13.0. The van der Waals surface area contributed by atoms with E-state index in [1.807, 2.05) is 54.0 Å². The van der Waals surface area contributed by atoms with Gasteiger partial charge in [0.25, 0.3) is 0 Å². The summed E-state index contributed by atoms with van der Waals surface area (Å²) in [6.45, 7) is 2.04. The second-order valence-electron chi connectivity index (χ2n) is 4.79. The zero-order valence-corrected chi connectivity index (χ0v) is 13.9. The molecule has 0 saturated carbocycles. The smallest absolute Gasteiger partial charge is 0.427 e. The Bertz CT molecular complexity index is 826. The lowest BCUT2D eigenvalue weighted by molar-refractivity contribution is 0.152. The van der Waals surface area contributed by atoms with Crippen LogP contribution in [0.2, 0.25) is 0 Å². The summed E-state index contributed by atoms with van der Waals surface area (Å²) in [6.07, 6.45) is 2.86. The van der Waals surface area contributed by atoms with E-state index in [-0.39, 0.29) is 0 Å². The normalized spacial score (nSPS) is 10.9. The first-order valence-electron chi connectivity index (χ1n) is 7.42. The first-order chi connectivity index (χ1) is 11.8. The van der Waals surface area contributed by atoms with Crippen molar-refractivity contribution in [3.05, 3.63) is 59.6 Å². The molecule has 0 spiro atoms. The Hall–Kier alpha value is -2.93. The number of aromatic nitrogens is 2. The molecule has 1 aromatic carbocycles. The lowest BCUT2D eigenvalue weighted by Gasteiger charge is -1.99. The van der Waals surface area contributed by atoms with Crippen LogP contribution in [0, 0.1) is 0 Å². The maximum Gasteiger partial charge on any atom is 0.427 e. The number of rotatable bonds is 5. The number of nitrogens with one attached hydrogen (secondary N) is 1. The third-order valence-electron chi connectivity index (χ3n) is 3.16. The molecule has 0 radical (unpaired) electrons. The van der Waals surface area contributed by atoms with Crippen LogP contribution in [0.3, 0.4) is 0 Å². The minimum absolute atomic E-state index is 0.299. The number of hydrogen-bond donors (Lipinski definition) is 1. The summed E-state index contributed by atoms with van der Waals surface area (Å²) in [4.78, 5) is 11.3. The van der Waals surface area contributed by atoms with Gasteiger partial charge >= 0.3 is 6.09 Å². The van der Waals surface area contributed by atoms with Gasteiger partial charge in [-0.25, -0.2) is 14.9 Å². The van der Waals surface area contributed by atoms with E-state index in [9.17, 15) is 4.79 Å². The largest absolute Gasteiger partial charge is 0.449 e. The summed E-state index contributed by atoms with van der Waals surface area (Å²) < 4.78 is 6.58. The molecule has 7 heteroatoms. The quantitative estimate of drug-likeness (QED) is 0.569. The minimum Gasteiger partial charge on any atom is -0.449 e. The van der Waals surface area contributed by atoms with Crippen molar-refractivity contribution in [1.82, 2.24) is 15.2 Å². The van der Waals surface area contributed by atoms with Crippen LogP contribution in [0.1, 0.15) is 12.5 Å². The first-order valence-corrected chi connectivity index (χ1v) is 8.30. The van der Waals surface area contributed by atoms with Crippen molar-refractivity contribution in [2.24, 2.45) is 5.10 Å². The third kappa shape index (κ3) is 3.69. The maximum atomic E-state index is 11.3. The van der Waals surface area contributed by atoms with Crippen LogP contribution in [0.25, 0.3) is 16.3 Å². The van der Waals surface area contributed by atoms with Gasteiger partial charge in [-0.05, 0) is 24.4 Å². The van der Waals surface area contributed by atoms with E-state index < -0.39 is 6.09 Å². The van der Waals surface area contributed by atoms with Crippen molar-refractivity contribution >= 4 is 23.6 Å². The molecule has 122 valence electrons. The molecule has 0 aliphatic carbocycles. The second-order valence-corrected chi connectivity index (χ2v) is 5.71. The number of ether oxygens (including phenoxy) is 1.